The van der Waals surface area contributed by atoms with Crippen LogP contribution in [0.15, 0.2) is 0 Å². The molecule has 0 aliphatic carbocycles. The van der Waals surface area contributed by atoms with Crippen LogP contribution in [0.4, 0.5) is 0 Å². The first kappa shape index (κ1) is 14.0. The molecule has 17 heavy (non-hydrogen) atoms. The Morgan fingerprint density at radius 2 is 2.24 bits per heavy atom. The van der Waals surface area contributed by atoms with Crippen molar-refractivity contribution in [3.05, 3.63) is 0 Å². The summed E-state index contributed by atoms with van der Waals surface area (Å²) in [6.07, 6.45) is 2.45. The van der Waals surface area contributed by atoms with Crippen LogP contribution in [0.5, 0.6) is 0 Å². The first-order chi connectivity index (χ1) is 7.86. The van der Waals surface area contributed by atoms with Gasteiger partial charge >= 0.3 is 11.9 Å². The maximum atomic E-state index is 11.8. The highest BCUT2D eigenvalue weighted by Gasteiger charge is 2.38. The molecule has 2 atom stereocenters. The molecule has 1 aliphatic rings. The van der Waals surface area contributed by atoms with Gasteiger partial charge in [-0.25, -0.2) is 0 Å². The Labute approximate surface area is 103 Å². The zero-order chi connectivity index (χ0) is 13.1. The molecule has 4 nitrogen and oxygen atoms in total. The van der Waals surface area contributed by atoms with Gasteiger partial charge in [-0.15, -0.1) is 0 Å². The molecule has 0 aromatic carbocycles. The second kappa shape index (κ2) is 5.52. The number of hydrogen-bond donors (Lipinski definition) is 0. The van der Waals surface area contributed by atoms with Gasteiger partial charge in [-0.3, -0.25) is 9.59 Å². The minimum Gasteiger partial charge on any atom is -0.458 e. The van der Waals surface area contributed by atoms with Crippen LogP contribution in [0.2, 0.25) is 0 Å². The van der Waals surface area contributed by atoms with Crippen LogP contribution in [-0.4, -0.2) is 23.6 Å². The van der Waals surface area contributed by atoms with Crippen molar-refractivity contribution >= 4 is 11.9 Å². The number of esters is 2. The van der Waals surface area contributed by atoms with Crippen LogP contribution in [0.1, 0.15) is 53.4 Å². The number of carbonyl (C=O) groups excluding carboxylic acids is 2. The van der Waals surface area contributed by atoms with E-state index in [0.717, 1.165) is 19.3 Å². The van der Waals surface area contributed by atoms with Crippen molar-refractivity contribution in [1.29, 1.82) is 0 Å². The average molecular weight is 242 g/mol. The molecule has 0 saturated carbocycles. The summed E-state index contributed by atoms with van der Waals surface area (Å²) in [6, 6.07) is 0. The third-order valence-corrected chi connectivity index (χ3v) is 3.27. The monoisotopic (exact) mass is 242 g/mol. The van der Waals surface area contributed by atoms with E-state index in [1.54, 1.807) is 13.8 Å². The molecular weight excluding hydrogens is 220 g/mol. The largest absolute Gasteiger partial charge is 0.458 e. The van der Waals surface area contributed by atoms with Gasteiger partial charge in [-0.2, -0.15) is 0 Å². The van der Waals surface area contributed by atoms with Crippen LogP contribution >= 0.6 is 0 Å². The molecule has 1 saturated heterocycles. The fraction of sp³-hybridized carbons (Fsp3) is 0.846. The SMILES string of the molecule is CCC(C)C(=O)OC(C)(C)C1CCCC(=O)O1. The Kier molecular flexibility index (Phi) is 4.54. The fourth-order valence-corrected chi connectivity index (χ4v) is 1.79. The standard InChI is InChI=1S/C13H22O4/c1-5-9(2)12(15)17-13(3,4)10-7-6-8-11(14)16-10/h9-10H,5-8H2,1-4H3. The van der Waals surface area contributed by atoms with Crippen molar-refractivity contribution in [2.24, 2.45) is 5.92 Å². The molecule has 0 bridgehead atoms. The topological polar surface area (TPSA) is 52.6 Å². The Morgan fingerprint density at radius 3 is 2.76 bits per heavy atom. The summed E-state index contributed by atoms with van der Waals surface area (Å²) in [6.45, 7) is 7.39. The smallest absolute Gasteiger partial charge is 0.309 e. The lowest BCUT2D eigenvalue weighted by atomic mass is 9.94. The average Bonchev–Trinajstić information content (AvgIpc) is 2.27. The molecule has 1 fully saturated rings. The van der Waals surface area contributed by atoms with Crippen molar-refractivity contribution < 1.29 is 19.1 Å². The van der Waals surface area contributed by atoms with E-state index in [9.17, 15) is 9.59 Å². The molecule has 0 aromatic heterocycles. The normalized spacial score (nSPS) is 22.8. The zero-order valence-electron chi connectivity index (χ0n) is 11.1. The van der Waals surface area contributed by atoms with Crippen LogP contribution < -0.4 is 0 Å². The molecule has 4 heteroatoms. The maximum Gasteiger partial charge on any atom is 0.309 e. The fourth-order valence-electron chi connectivity index (χ4n) is 1.79. The quantitative estimate of drug-likeness (QED) is 0.710. The zero-order valence-corrected chi connectivity index (χ0v) is 11.1. The van der Waals surface area contributed by atoms with E-state index in [-0.39, 0.29) is 24.0 Å². The molecule has 1 rings (SSSR count). The summed E-state index contributed by atoms with van der Waals surface area (Å²) in [5.41, 5.74) is -0.739. The molecule has 1 heterocycles. The number of hydrogen-bond acceptors (Lipinski definition) is 4. The van der Waals surface area contributed by atoms with E-state index in [2.05, 4.69) is 0 Å². The molecule has 0 aromatic rings. The second-order valence-electron chi connectivity index (χ2n) is 5.20. The molecule has 98 valence electrons. The lowest BCUT2D eigenvalue weighted by molar-refractivity contribution is -0.188. The Hall–Kier alpha value is -1.06. The number of ether oxygens (including phenoxy) is 2. The van der Waals surface area contributed by atoms with Crippen LogP contribution in [0.3, 0.4) is 0 Å². The van der Waals surface area contributed by atoms with Gasteiger partial charge in [0.05, 0.1) is 5.92 Å². The Balaban J connectivity index is 2.60. The number of carbonyl (C=O) groups is 2. The van der Waals surface area contributed by atoms with Gasteiger partial charge in [-0.1, -0.05) is 13.8 Å². The molecule has 1 aliphatic heterocycles. The van der Waals surface area contributed by atoms with Gasteiger partial charge < -0.3 is 9.47 Å². The van der Waals surface area contributed by atoms with Crippen molar-refractivity contribution in [2.45, 2.75) is 65.1 Å². The maximum absolute atomic E-state index is 11.8. The van der Waals surface area contributed by atoms with E-state index >= 15 is 0 Å². The highest BCUT2D eigenvalue weighted by Crippen LogP contribution is 2.28. The second-order valence-corrected chi connectivity index (χ2v) is 5.20. The van der Waals surface area contributed by atoms with Crippen molar-refractivity contribution in [1.82, 2.24) is 0 Å². The van der Waals surface area contributed by atoms with Gasteiger partial charge in [0.15, 0.2) is 0 Å². The van der Waals surface area contributed by atoms with E-state index in [4.69, 9.17) is 9.47 Å². The summed E-state index contributed by atoms with van der Waals surface area (Å²) >= 11 is 0. The predicted molar refractivity (Wildman–Crippen MR) is 63.4 cm³/mol. The van der Waals surface area contributed by atoms with E-state index in [1.807, 2.05) is 13.8 Å². The predicted octanol–water partition coefficient (Wildman–Crippen LogP) is 2.45. The van der Waals surface area contributed by atoms with Gasteiger partial charge in [0.1, 0.15) is 11.7 Å². The lowest BCUT2D eigenvalue weighted by Gasteiger charge is -2.36. The lowest BCUT2D eigenvalue weighted by Crippen LogP contribution is -2.46. The Morgan fingerprint density at radius 1 is 1.59 bits per heavy atom. The van der Waals surface area contributed by atoms with Crippen molar-refractivity contribution in [3.8, 4) is 0 Å². The highest BCUT2D eigenvalue weighted by atomic mass is 16.6. The first-order valence-corrected chi connectivity index (χ1v) is 6.29. The number of cyclic esters (lactones) is 1. The minimum atomic E-state index is -0.739. The van der Waals surface area contributed by atoms with Crippen LogP contribution in [0.25, 0.3) is 0 Å². The molecule has 0 N–H and O–H groups in total. The van der Waals surface area contributed by atoms with E-state index < -0.39 is 5.60 Å². The van der Waals surface area contributed by atoms with Crippen LogP contribution in [-0.2, 0) is 19.1 Å². The summed E-state index contributed by atoms with van der Waals surface area (Å²) in [7, 11) is 0. The third-order valence-electron chi connectivity index (χ3n) is 3.27. The first-order valence-electron chi connectivity index (χ1n) is 6.29. The van der Waals surface area contributed by atoms with Crippen LogP contribution in [0, 0.1) is 5.92 Å². The molecule has 0 spiro atoms. The molecule has 2 unspecified atom stereocenters. The van der Waals surface area contributed by atoms with Gasteiger partial charge in [0.2, 0.25) is 0 Å². The summed E-state index contributed by atoms with van der Waals surface area (Å²) in [5.74, 6) is -0.540. The summed E-state index contributed by atoms with van der Waals surface area (Å²) in [5, 5.41) is 0. The van der Waals surface area contributed by atoms with Gasteiger partial charge in [0, 0.05) is 6.42 Å². The molecule has 0 amide bonds. The summed E-state index contributed by atoms with van der Waals surface area (Å²) < 4.78 is 10.7. The summed E-state index contributed by atoms with van der Waals surface area (Å²) in [4.78, 5) is 23.0. The van der Waals surface area contributed by atoms with Crippen molar-refractivity contribution in [2.75, 3.05) is 0 Å². The molecular formula is C13H22O4. The van der Waals surface area contributed by atoms with E-state index in [0.29, 0.717) is 6.42 Å². The number of rotatable bonds is 4. The van der Waals surface area contributed by atoms with E-state index in [1.165, 1.54) is 0 Å². The minimum absolute atomic E-state index is 0.117. The highest BCUT2D eigenvalue weighted by molar-refractivity contribution is 5.73. The van der Waals surface area contributed by atoms with Gasteiger partial charge in [0.25, 0.3) is 0 Å². The van der Waals surface area contributed by atoms with Crippen molar-refractivity contribution in [3.63, 3.8) is 0 Å². The Bertz CT molecular complexity index is 296. The third kappa shape index (κ3) is 3.72. The van der Waals surface area contributed by atoms with Gasteiger partial charge in [-0.05, 0) is 33.1 Å². The molecule has 0 radical (unpaired) electrons.